The lowest BCUT2D eigenvalue weighted by molar-refractivity contribution is -0.167. The van der Waals surface area contributed by atoms with E-state index in [1.54, 1.807) is 41.3 Å². The Bertz CT molecular complexity index is 1810. The molecule has 12 heteroatoms. The number of phenols is 1. The van der Waals surface area contributed by atoms with E-state index in [-0.39, 0.29) is 23.7 Å². The van der Waals surface area contributed by atoms with Crippen LogP contribution in [0.3, 0.4) is 0 Å². The fourth-order valence-electron chi connectivity index (χ4n) is 8.38. The quantitative estimate of drug-likeness (QED) is 0.0815. The fourth-order valence-corrected chi connectivity index (χ4v) is 8.61. The summed E-state index contributed by atoms with van der Waals surface area (Å²) in [5.41, 5.74) is 2.39. The van der Waals surface area contributed by atoms with Gasteiger partial charge in [-0.1, -0.05) is 54.1 Å². The van der Waals surface area contributed by atoms with Gasteiger partial charge in [0.2, 0.25) is 0 Å². The second kappa shape index (κ2) is 17.1. The van der Waals surface area contributed by atoms with Crippen LogP contribution in [0.25, 0.3) is 6.08 Å². The van der Waals surface area contributed by atoms with Crippen molar-refractivity contribution in [2.75, 3.05) is 57.7 Å². The van der Waals surface area contributed by atoms with E-state index in [4.69, 9.17) is 21.1 Å². The van der Waals surface area contributed by atoms with Gasteiger partial charge in [0.25, 0.3) is 5.91 Å². The molecule has 0 aliphatic carbocycles. The van der Waals surface area contributed by atoms with Crippen LogP contribution in [0.4, 0.5) is 5.69 Å². The fraction of sp³-hybridized carbons (Fsp3) is 0.476. The summed E-state index contributed by atoms with van der Waals surface area (Å²) in [7, 11) is 0. The molecule has 3 aromatic carbocycles. The number of hydrogen-bond acceptors (Lipinski definition) is 10. The van der Waals surface area contributed by atoms with E-state index in [9.17, 15) is 24.9 Å². The predicted molar refractivity (Wildman–Crippen MR) is 208 cm³/mol. The minimum Gasteiger partial charge on any atom is -0.506 e. The maximum atomic E-state index is 14.0. The van der Waals surface area contributed by atoms with Gasteiger partial charge in [-0.15, -0.1) is 0 Å². The Morgan fingerprint density at radius 3 is 2.50 bits per heavy atom. The number of piperidine rings is 4. The molecule has 0 saturated carbocycles. The molecule has 5 aliphatic rings. The van der Waals surface area contributed by atoms with Crippen molar-refractivity contribution in [2.45, 2.75) is 68.8 Å². The van der Waals surface area contributed by atoms with Crippen LogP contribution < -0.4 is 15.4 Å². The van der Waals surface area contributed by atoms with Crippen molar-refractivity contribution in [3.8, 4) is 11.5 Å². The van der Waals surface area contributed by atoms with Gasteiger partial charge in [0, 0.05) is 37.3 Å². The van der Waals surface area contributed by atoms with E-state index in [0.29, 0.717) is 84.7 Å². The molecule has 8 rings (SSSR count). The number of hydrogen-bond donors (Lipinski definition) is 5. The molecule has 1 amide bonds. The van der Waals surface area contributed by atoms with Gasteiger partial charge in [-0.2, -0.15) is 0 Å². The largest absolute Gasteiger partial charge is 0.506 e. The van der Waals surface area contributed by atoms with E-state index in [2.05, 4.69) is 15.5 Å². The number of esters is 1. The number of aromatic hydroxyl groups is 1. The molecule has 3 atom stereocenters. The van der Waals surface area contributed by atoms with Crippen molar-refractivity contribution in [1.29, 1.82) is 0 Å². The minimum atomic E-state index is -0.884. The van der Waals surface area contributed by atoms with Gasteiger partial charge in [0.05, 0.1) is 28.8 Å². The average Bonchev–Trinajstić information content (AvgIpc) is 3.20. The monoisotopic (exact) mass is 758 g/mol. The predicted octanol–water partition coefficient (Wildman–Crippen LogP) is 5.49. The molecule has 288 valence electrons. The summed E-state index contributed by atoms with van der Waals surface area (Å²) in [6.45, 7) is 5.39. The summed E-state index contributed by atoms with van der Waals surface area (Å²) in [6, 6.07) is 18.3. The Hall–Kier alpha value is -4.13. The highest BCUT2D eigenvalue weighted by Crippen LogP contribution is 2.40. The molecule has 0 aromatic heterocycles. The molecule has 11 nitrogen and oxygen atoms in total. The first-order chi connectivity index (χ1) is 26.2. The van der Waals surface area contributed by atoms with Crippen LogP contribution in [-0.2, 0) is 14.9 Å². The first-order valence-corrected chi connectivity index (χ1v) is 19.7. The zero-order valence-corrected chi connectivity index (χ0v) is 31.3. The third kappa shape index (κ3) is 8.40. The number of rotatable bonds is 14. The number of aliphatic hydroxyl groups is 2. The molecule has 5 aliphatic heterocycles. The van der Waals surface area contributed by atoms with Crippen molar-refractivity contribution in [3.05, 3.63) is 94.0 Å². The topological polar surface area (TPSA) is 144 Å². The van der Waals surface area contributed by atoms with Crippen LogP contribution in [0.1, 0.15) is 78.1 Å². The Kier molecular flexibility index (Phi) is 12.1. The normalized spacial score (nSPS) is 23.3. The average molecular weight is 759 g/mol. The van der Waals surface area contributed by atoms with Crippen LogP contribution in [0, 0.1) is 5.92 Å². The molecule has 5 N–H and O–H groups in total. The molecule has 3 aromatic rings. The number of fused-ring (bicyclic) bond motifs is 4. The second-order valence-electron chi connectivity index (χ2n) is 15.0. The van der Waals surface area contributed by atoms with E-state index >= 15 is 0 Å². The van der Waals surface area contributed by atoms with Gasteiger partial charge < -0.3 is 40.3 Å². The second-order valence-corrected chi connectivity index (χ2v) is 15.4. The van der Waals surface area contributed by atoms with Gasteiger partial charge >= 0.3 is 5.97 Å². The number of halogens is 1. The Morgan fingerprint density at radius 2 is 1.78 bits per heavy atom. The lowest BCUT2D eigenvalue weighted by Crippen LogP contribution is -2.55. The first kappa shape index (κ1) is 38.2. The number of benzene rings is 3. The summed E-state index contributed by atoms with van der Waals surface area (Å²) >= 11 is 6.59. The Balaban J connectivity index is 0.847. The van der Waals surface area contributed by atoms with Crippen LogP contribution in [0.2, 0.25) is 5.02 Å². The minimum absolute atomic E-state index is 0.0220. The van der Waals surface area contributed by atoms with Crippen molar-refractivity contribution < 1.29 is 34.4 Å². The summed E-state index contributed by atoms with van der Waals surface area (Å²) in [5, 5.41) is 37.2. The van der Waals surface area contributed by atoms with E-state index in [0.717, 1.165) is 57.3 Å². The Morgan fingerprint density at radius 1 is 1.00 bits per heavy atom. The maximum absolute atomic E-state index is 14.0. The highest BCUT2D eigenvalue weighted by Gasteiger charge is 2.47. The van der Waals surface area contributed by atoms with Crippen LogP contribution >= 0.6 is 11.6 Å². The molecular weight excluding hydrogens is 708 g/mol. The number of amides is 1. The molecule has 4 fully saturated rings. The number of carbonyl (C=O) groups excluding carboxylic acids is 2. The standard InChI is InChI=1S/C42H51ClN4O7/c43-33-25-29(9-13-36(33)53-24-6-2-5-19-44-26-35(49)31-10-12-34(48)39-32(31)11-14-38(50)45-39)40(51)47-22-17-42(18-23-47,30-7-3-1-4-8-30)41(52)54-37-27-46-20-15-28(37)16-21-46/h1,3-4,7-14,25,28,35,37-38,44-45,48-50H,2,5-6,15-24,26-27H2/t35-,37-,38?/m0/s1. The summed E-state index contributed by atoms with van der Waals surface area (Å²) < 4.78 is 12.2. The maximum Gasteiger partial charge on any atom is 0.317 e. The molecule has 1 unspecified atom stereocenters. The zero-order valence-electron chi connectivity index (χ0n) is 30.6. The van der Waals surface area contributed by atoms with Crippen molar-refractivity contribution in [3.63, 3.8) is 0 Å². The number of nitrogens with zero attached hydrogens (tertiary/aromatic N) is 2. The van der Waals surface area contributed by atoms with Crippen LogP contribution in [0.15, 0.2) is 66.7 Å². The molecule has 54 heavy (non-hydrogen) atoms. The summed E-state index contributed by atoms with van der Waals surface area (Å²) in [5.74, 6) is 0.693. The van der Waals surface area contributed by atoms with Gasteiger partial charge in [-0.3, -0.25) is 14.5 Å². The summed E-state index contributed by atoms with van der Waals surface area (Å²) in [6.07, 6.45) is 7.29. The highest BCUT2D eigenvalue weighted by atomic mass is 35.5. The number of ether oxygens (including phenoxy) is 2. The smallest absolute Gasteiger partial charge is 0.317 e. The molecular formula is C42H51ClN4O7. The van der Waals surface area contributed by atoms with Gasteiger partial charge in [0.15, 0.2) is 0 Å². The number of unbranched alkanes of at least 4 members (excludes halogenated alkanes) is 2. The highest BCUT2D eigenvalue weighted by molar-refractivity contribution is 6.32. The first-order valence-electron chi connectivity index (χ1n) is 19.3. The molecule has 5 heterocycles. The molecule has 2 bridgehead atoms. The SMILES string of the molecule is O=C(c1ccc(OCCCCCNC[C@H](O)c2ccc(O)c3c2C=CC(O)N3)c(Cl)c1)N1CCC(C(=O)O[C@H]2CN3CCC2CC3)(c2ccccc2)CC1. The molecule has 0 radical (unpaired) electrons. The number of anilines is 1. The van der Waals surface area contributed by atoms with E-state index in [1.807, 2.05) is 30.3 Å². The van der Waals surface area contributed by atoms with Crippen LogP contribution in [0.5, 0.6) is 11.5 Å². The summed E-state index contributed by atoms with van der Waals surface area (Å²) in [4.78, 5) is 31.8. The van der Waals surface area contributed by atoms with Gasteiger partial charge in [-0.25, -0.2) is 0 Å². The molecule has 0 spiro atoms. The third-order valence-electron chi connectivity index (χ3n) is 11.6. The molecule has 4 saturated heterocycles. The number of nitrogens with one attached hydrogen (secondary N) is 2. The zero-order chi connectivity index (χ0) is 37.7. The number of phenolic OH excluding ortho intramolecular Hbond substituents is 1. The van der Waals surface area contributed by atoms with Crippen molar-refractivity contribution in [2.24, 2.45) is 5.92 Å². The number of aliphatic hydroxyl groups excluding tert-OH is 2. The number of carbonyl (C=O) groups is 2. The van der Waals surface area contributed by atoms with Gasteiger partial charge in [-0.05, 0) is 112 Å². The van der Waals surface area contributed by atoms with E-state index < -0.39 is 17.7 Å². The van der Waals surface area contributed by atoms with Crippen molar-refractivity contribution >= 4 is 35.2 Å². The Labute approximate surface area is 321 Å². The lowest BCUT2D eigenvalue weighted by atomic mass is 9.72. The van der Waals surface area contributed by atoms with Crippen molar-refractivity contribution in [1.82, 2.24) is 15.1 Å². The van der Waals surface area contributed by atoms with Gasteiger partial charge in [0.1, 0.15) is 23.8 Å². The number of likely N-dealkylation sites (tertiary alicyclic amines) is 1. The van der Waals surface area contributed by atoms with E-state index in [1.165, 1.54) is 6.07 Å². The lowest BCUT2D eigenvalue weighted by Gasteiger charge is -2.46. The van der Waals surface area contributed by atoms with Crippen LogP contribution in [-0.4, -0.2) is 102 Å². The third-order valence-corrected chi connectivity index (χ3v) is 11.9.